The molecule has 0 saturated heterocycles. The lowest BCUT2D eigenvalue weighted by Crippen LogP contribution is -2.26. The van der Waals surface area contributed by atoms with Crippen LogP contribution in [-0.2, 0) is 4.79 Å². The van der Waals surface area contributed by atoms with E-state index in [2.05, 4.69) is 0 Å². The lowest BCUT2D eigenvalue weighted by atomic mass is 9.88. The molecular formula is C10H9NO. The summed E-state index contributed by atoms with van der Waals surface area (Å²) in [5.41, 5.74) is 7.42. The highest BCUT2D eigenvalue weighted by atomic mass is 16.1. The van der Waals surface area contributed by atoms with Gasteiger partial charge in [0.2, 0.25) is 0 Å². The maximum atomic E-state index is 11.3. The molecule has 0 aromatic heterocycles. The van der Waals surface area contributed by atoms with Crippen LogP contribution in [0.15, 0.2) is 47.6 Å². The second kappa shape index (κ2) is 2.57. The molecule has 1 atom stereocenters. The highest BCUT2D eigenvalue weighted by Gasteiger charge is 2.20. The molecule has 0 fully saturated rings. The fourth-order valence-electron chi connectivity index (χ4n) is 1.41. The lowest BCUT2D eigenvalue weighted by molar-refractivity contribution is -0.111. The number of ketones is 1. The van der Waals surface area contributed by atoms with Crippen LogP contribution in [0.1, 0.15) is 0 Å². The quantitative estimate of drug-likeness (QED) is 0.570. The van der Waals surface area contributed by atoms with Crippen molar-refractivity contribution in [3.05, 3.63) is 47.6 Å². The van der Waals surface area contributed by atoms with Crippen molar-refractivity contribution in [3.63, 3.8) is 0 Å². The van der Waals surface area contributed by atoms with Crippen molar-refractivity contribution in [1.82, 2.24) is 0 Å². The Labute approximate surface area is 70.8 Å². The largest absolute Gasteiger partial charge is 0.321 e. The standard InChI is InChI=1S/C10H9NO/c11-9-5-1-4-8-7(9)3-2-6-10(8)12/h1-6,9H,11H2. The van der Waals surface area contributed by atoms with E-state index in [1.165, 1.54) is 0 Å². The molecule has 0 heterocycles. The van der Waals surface area contributed by atoms with Crippen LogP contribution in [0.3, 0.4) is 0 Å². The molecule has 0 aromatic carbocycles. The molecule has 0 aliphatic heterocycles. The number of carbonyl (C=O) groups is 1. The van der Waals surface area contributed by atoms with Crippen molar-refractivity contribution in [3.8, 4) is 0 Å². The van der Waals surface area contributed by atoms with Crippen LogP contribution in [-0.4, -0.2) is 11.8 Å². The van der Waals surface area contributed by atoms with Crippen LogP contribution in [0.2, 0.25) is 0 Å². The summed E-state index contributed by atoms with van der Waals surface area (Å²) >= 11 is 0. The Balaban J connectivity index is 2.50. The number of allylic oxidation sites excluding steroid dienone is 5. The van der Waals surface area contributed by atoms with Gasteiger partial charge in [0, 0.05) is 11.6 Å². The van der Waals surface area contributed by atoms with Crippen molar-refractivity contribution in [1.29, 1.82) is 0 Å². The monoisotopic (exact) mass is 159 g/mol. The Morgan fingerprint density at radius 2 is 2.08 bits per heavy atom. The molecule has 0 spiro atoms. The number of rotatable bonds is 0. The minimum absolute atomic E-state index is 0.0484. The molecule has 1 unspecified atom stereocenters. The van der Waals surface area contributed by atoms with Crippen molar-refractivity contribution >= 4 is 5.78 Å². The number of hydrogen-bond acceptors (Lipinski definition) is 2. The van der Waals surface area contributed by atoms with Crippen LogP contribution in [0.5, 0.6) is 0 Å². The zero-order chi connectivity index (χ0) is 8.55. The number of hydrogen-bond donors (Lipinski definition) is 1. The molecule has 0 bridgehead atoms. The molecular weight excluding hydrogens is 150 g/mol. The highest BCUT2D eigenvalue weighted by Crippen LogP contribution is 2.22. The summed E-state index contributed by atoms with van der Waals surface area (Å²) in [6.45, 7) is 0. The van der Waals surface area contributed by atoms with Crippen LogP contribution in [0, 0.1) is 0 Å². The minimum Gasteiger partial charge on any atom is -0.321 e. The van der Waals surface area contributed by atoms with E-state index in [1.807, 2.05) is 18.2 Å². The first-order valence-corrected chi connectivity index (χ1v) is 3.86. The predicted molar refractivity (Wildman–Crippen MR) is 47.4 cm³/mol. The Kier molecular flexibility index (Phi) is 1.55. The van der Waals surface area contributed by atoms with Gasteiger partial charge in [-0.05, 0) is 11.6 Å². The lowest BCUT2D eigenvalue weighted by Gasteiger charge is -2.19. The third-order valence-electron chi connectivity index (χ3n) is 2.04. The molecule has 2 aliphatic rings. The summed E-state index contributed by atoms with van der Waals surface area (Å²) in [5.74, 6) is 0.0484. The molecule has 2 aliphatic carbocycles. The molecule has 0 aromatic rings. The average molecular weight is 159 g/mol. The SMILES string of the molecule is NC1C=CC=C2C(=O)C=CC=C21. The van der Waals surface area contributed by atoms with E-state index in [9.17, 15) is 4.79 Å². The summed E-state index contributed by atoms with van der Waals surface area (Å²) in [6.07, 6.45) is 10.7. The van der Waals surface area contributed by atoms with Gasteiger partial charge in [0.15, 0.2) is 5.78 Å². The van der Waals surface area contributed by atoms with Gasteiger partial charge in [-0.25, -0.2) is 0 Å². The maximum Gasteiger partial charge on any atom is 0.186 e. The number of carbonyl (C=O) groups excluding carboxylic acids is 1. The van der Waals surface area contributed by atoms with Crippen molar-refractivity contribution in [2.75, 3.05) is 0 Å². The topological polar surface area (TPSA) is 43.1 Å². The van der Waals surface area contributed by atoms with Gasteiger partial charge in [0.1, 0.15) is 0 Å². The molecule has 2 nitrogen and oxygen atoms in total. The van der Waals surface area contributed by atoms with E-state index in [-0.39, 0.29) is 11.8 Å². The van der Waals surface area contributed by atoms with E-state index in [0.29, 0.717) is 0 Å². The first-order valence-electron chi connectivity index (χ1n) is 3.86. The van der Waals surface area contributed by atoms with Gasteiger partial charge in [0.05, 0.1) is 0 Å². The Morgan fingerprint density at radius 3 is 2.83 bits per heavy atom. The Morgan fingerprint density at radius 1 is 1.25 bits per heavy atom. The van der Waals surface area contributed by atoms with Crippen molar-refractivity contribution in [2.45, 2.75) is 6.04 Å². The molecule has 2 N–H and O–H groups in total. The van der Waals surface area contributed by atoms with E-state index in [1.54, 1.807) is 18.2 Å². The third kappa shape index (κ3) is 0.970. The van der Waals surface area contributed by atoms with Gasteiger partial charge in [-0.15, -0.1) is 0 Å². The van der Waals surface area contributed by atoms with Crippen molar-refractivity contribution < 1.29 is 4.79 Å². The summed E-state index contributed by atoms with van der Waals surface area (Å²) in [4.78, 5) is 11.3. The van der Waals surface area contributed by atoms with E-state index in [4.69, 9.17) is 5.73 Å². The summed E-state index contributed by atoms with van der Waals surface area (Å²) in [5, 5.41) is 0. The summed E-state index contributed by atoms with van der Waals surface area (Å²) in [6, 6.07) is -0.126. The summed E-state index contributed by atoms with van der Waals surface area (Å²) < 4.78 is 0. The smallest absolute Gasteiger partial charge is 0.186 e. The number of nitrogens with two attached hydrogens (primary N) is 1. The molecule has 2 rings (SSSR count). The molecule has 0 amide bonds. The van der Waals surface area contributed by atoms with Gasteiger partial charge in [-0.1, -0.05) is 30.4 Å². The average Bonchev–Trinajstić information content (AvgIpc) is 2.07. The van der Waals surface area contributed by atoms with Gasteiger partial charge in [-0.3, -0.25) is 4.79 Å². The molecule has 12 heavy (non-hydrogen) atoms. The van der Waals surface area contributed by atoms with Crippen LogP contribution in [0.4, 0.5) is 0 Å². The van der Waals surface area contributed by atoms with E-state index < -0.39 is 0 Å². The van der Waals surface area contributed by atoms with Gasteiger partial charge in [0.25, 0.3) is 0 Å². The fourth-order valence-corrected chi connectivity index (χ4v) is 1.41. The van der Waals surface area contributed by atoms with Crippen molar-refractivity contribution in [2.24, 2.45) is 5.73 Å². The second-order valence-corrected chi connectivity index (χ2v) is 2.84. The van der Waals surface area contributed by atoms with E-state index >= 15 is 0 Å². The molecule has 60 valence electrons. The first-order chi connectivity index (χ1) is 5.79. The zero-order valence-corrected chi connectivity index (χ0v) is 6.53. The Hall–Kier alpha value is -1.41. The normalized spacial score (nSPS) is 26.4. The molecule has 2 heteroatoms. The third-order valence-corrected chi connectivity index (χ3v) is 2.04. The second-order valence-electron chi connectivity index (χ2n) is 2.84. The van der Waals surface area contributed by atoms with Gasteiger partial charge in [-0.2, -0.15) is 0 Å². The first kappa shape index (κ1) is 7.25. The van der Waals surface area contributed by atoms with Crippen LogP contribution >= 0.6 is 0 Å². The van der Waals surface area contributed by atoms with Gasteiger partial charge < -0.3 is 5.73 Å². The van der Waals surface area contributed by atoms with E-state index in [0.717, 1.165) is 11.1 Å². The van der Waals surface area contributed by atoms with Crippen LogP contribution in [0.25, 0.3) is 0 Å². The molecule has 0 radical (unpaired) electrons. The predicted octanol–water partition coefficient (Wildman–Crippen LogP) is 0.875. The Bertz CT molecular complexity index is 345. The number of fused-ring (bicyclic) bond motifs is 1. The fraction of sp³-hybridized carbons (Fsp3) is 0.100. The zero-order valence-electron chi connectivity index (χ0n) is 6.53. The van der Waals surface area contributed by atoms with Crippen LogP contribution < -0.4 is 5.73 Å². The van der Waals surface area contributed by atoms with Gasteiger partial charge >= 0.3 is 0 Å². The minimum atomic E-state index is -0.126. The molecule has 0 saturated carbocycles. The highest BCUT2D eigenvalue weighted by molar-refractivity contribution is 6.09. The summed E-state index contributed by atoms with van der Waals surface area (Å²) in [7, 11) is 0. The maximum absolute atomic E-state index is 11.3.